The normalized spacial score (nSPS) is 11.9. The second kappa shape index (κ2) is 19.3. The van der Waals surface area contributed by atoms with Crippen LogP contribution in [0, 0.1) is 0 Å². The Labute approximate surface area is 260 Å². The number of amides is 3. The highest BCUT2D eigenvalue weighted by molar-refractivity contribution is 7.98. The third-order valence-electron chi connectivity index (χ3n) is 6.08. The van der Waals surface area contributed by atoms with Crippen LogP contribution >= 0.6 is 23.5 Å². The number of ether oxygens (including phenoxy) is 2. The van der Waals surface area contributed by atoms with Gasteiger partial charge in [0.15, 0.2) is 0 Å². The molecule has 9 nitrogen and oxygen atoms in total. The predicted molar refractivity (Wildman–Crippen MR) is 170 cm³/mol. The average Bonchev–Trinajstić information content (AvgIpc) is 3.04. The summed E-state index contributed by atoms with van der Waals surface area (Å²) >= 11 is 2.98. The van der Waals surface area contributed by atoms with E-state index >= 15 is 0 Å². The molecule has 3 N–H and O–H groups in total. The lowest BCUT2D eigenvalue weighted by Crippen LogP contribution is -2.53. The zero-order valence-electron chi connectivity index (χ0n) is 24.0. The van der Waals surface area contributed by atoms with Crippen LogP contribution in [0.15, 0.2) is 91.0 Å². The number of benzene rings is 3. The van der Waals surface area contributed by atoms with Crippen LogP contribution in [-0.2, 0) is 42.0 Å². The molecule has 11 heteroatoms. The van der Waals surface area contributed by atoms with Gasteiger partial charge < -0.3 is 25.4 Å². The quantitative estimate of drug-likeness (QED) is 0.190. The van der Waals surface area contributed by atoms with Gasteiger partial charge in [-0.2, -0.15) is 23.5 Å². The number of esters is 1. The summed E-state index contributed by atoms with van der Waals surface area (Å²) in [5, 5.41) is 8.07. The molecule has 3 aromatic carbocycles. The van der Waals surface area contributed by atoms with Gasteiger partial charge in [0.05, 0.1) is 7.11 Å². The summed E-state index contributed by atoms with van der Waals surface area (Å²) in [6.07, 6.45) is -0.695. The maximum Gasteiger partial charge on any atom is 0.407 e. The Morgan fingerprint density at radius 2 is 1.21 bits per heavy atom. The molecular formula is C32H37N3O6S2. The van der Waals surface area contributed by atoms with Crippen LogP contribution < -0.4 is 16.0 Å². The molecule has 0 saturated heterocycles. The minimum absolute atomic E-state index is 0.0336. The van der Waals surface area contributed by atoms with Crippen molar-refractivity contribution in [1.29, 1.82) is 0 Å². The fraction of sp³-hybridized carbons (Fsp3) is 0.312. The van der Waals surface area contributed by atoms with E-state index in [4.69, 9.17) is 9.47 Å². The van der Waals surface area contributed by atoms with E-state index in [1.54, 1.807) is 0 Å². The lowest BCUT2D eigenvalue weighted by molar-refractivity contribution is -0.144. The van der Waals surface area contributed by atoms with Crippen LogP contribution in [0.4, 0.5) is 4.79 Å². The van der Waals surface area contributed by atoms with Crippen molar-refractivity contribution >= 4 is 47.4 Å². The zero-order valence-corrected chi connectivity index (χ0v) is 25.7. The summed E-state index contributed by atoms with van der Waals surface area (Å²) in [5.41, 5.74) is 3.03. The van der Waals surface area contributed by atoms with E-state index in [0.717, 1.165) is 16.7 Å². The van der Waals surface area contributed by atoms with Crippen molar-refractivity contribution in [2.45, 2.75) is 36.6 Å². The van der Waals surface area contributed by atoms with E-state index in [1.165, 1.54) is 30.6 Å². The van der Waals surface area contributed by atoms with E-state index in [-0.39, 0.29) is 25.3 Å². The fourth-order valence-corrected chi connectivity index (χ4v) is 5.84. The Hall–Kier alpha value is -3.96. The summed E-state index contributed by atoms with van der Waals surface area (Å²) in [6, 6.07) is 27.1. The van der Waals surface area contributed by atoms with Crippen LogP contribution in [0.1, 0.15) is 23.1 Å². The standard InChI is InChI=1S/C32H37N3O6S2/c1-40-31(38)28(23-43-21-26-15-9-4-10-16-26)35-30(37)27(22-42-20-25-13-7-3-8-14-25)34-29(36)17-18-33-32(39)41-19-24-11-5-2-6-12-24/h2-16,27-28H,17-23H2,1H3,(H,33,39)(H,34,36)(H,35,37). The van der Waals surface area contributed by atoms with E-state index in [2.05, 4.69) is 16.0 Å². The highest BCUT2D eigenvalue weighted by Crippen LogP contribution is 2.15. The number of hydrogen-bond acceptors (Lipinski definition) is 8. The number of carbonyl (C=O) groups is 4. The van der Waals surface area contributed by atoms with Crippen molar-refractivity contribution in [3.63, 3.8) is 0 Å². The van der Waals surface area contributed by atoms with Crippen LogP contribution in [-0.4, -0.2) is 61.1 Å². The molecule has 0 fully saturated rings. The van der Waals surface area contributed by atoms with E-state index in [0.29, 0.717) is 17.3 Å². The summed E-state index contributed by atoms with van der Waals surface area (Å²) in [4.78, 5) is 50.6. The molecule has 0 aliphatic carbocycles. The van der Waals surface area contributed by atoms with Gasteiger partial charge in [0.1, 0.15) is 18.7 Å². The fourth-order valence-electron chi connectivity index (χ4n) is 3.82. The molecule has 0 saturated carbocycles. The first-order chi connectivity index (χ1) is 20.9. The van der Waals surface area contributed by atoms with Crippen molar-refractivity contribution in [3.8, 4) is 0 Å². The van der Waals surface area contributed by atoms with Gasteiger partial charge in [-0.25, -0.2) is 9.59 Å². The third kappa shape index (κ3) is 13.3. The highest BCUT2D eigenvalue weighted by Gasteiger charge is 2.27. The van der Waals surface area contributed by atoms with Crippen LogP contribution in [0.5, 0.6) is 0 Å². The first kappa shape index (κ1) is 33.5. The average molecular weight is 624 g/mol. The molecule has 0 aliphatic rings. The van der Waals surface area contributed by atoms with E-state index < -0.39 is 36.0 Å². The molecule has 0 spiro atoms. The molecule has 0 heterocycles. The van der Waals surface area contributed by atoms with Gasteiger partial charge in [0.25, 0.3) is 0 Å². The van der Waals surface area contributed by atoms with Crippen molar-refractivity contribution in [3.05, 3.63) is 108 Å². The van der Waals surface area contributed by atoms with Crippen LogP contribution in [0.2, 0.25) is 0 Å². The van der Waals surface area contributed by atoms with E-state index in [1.807, 2.05) is 91.0 Å². The molecule has 0 radical (unpaired) electrons. The molecule has 0 bridgehead atoms. The van der Waals surface area contributed by atoms with Crippen LogP contribution in [0.3, 0.4) is 0 Å². The van der Waals surface area contributed by atoms with Crippen molar-refractivity contribution in [1.82, 2.24) is 16.0 Å². The van der Waals surface area contributed by atoms with Gasteiger partial charge in [-0.3, -0.25) is 9.59 Å². The Morgan fingerprint density at radius 1 is 0.698 bits per heavy atom. The molecule has 3 aromatic rings. The molecule has 228 valence electrons. The van der Waals surface area contributed by atoms with Gasteiger partial charge >= 0.3 is 12.1 Å². The molecule has 0 aromatic heterocycles. The minimum atomic E-state index is -0.905. The number of methoxy groups -OCH3 is 1. The molecule has 2 atom stereocenters. The predicted octanol–water partition coefficient (Wildman–Crippen LogP) is 4.31. The minimum Gasteiger partial charge on any atom is -0.467 e. The first-order valence-electron chi connectivity index (χ1n) is 13.8. The summed E-state index contributed by atoms with van der Waals surface area (Å²) in [6.45, 7) is 0.149. The van der Waals surface area contributed by atoms with Crippen molar-refractivity contribution in [2.75, 3.05) is 25.2 Å². The van der Waals surface area contributed by atoms with Crippen molar-refractivity contribution in [2.24, 2.45) is 0 Å². The zero-order chi connectivity index (χ0) is 30.7. The summed E-state index contributed by atoms with van der Waals surface area (Å²) in [7, 11) is 1.27. The Balaban J connectivity index is 1.53. The molecule has 3 rings (SSSR count). The van der Waals surface area contributed by atoms with Gasteiger partial charge in [-0.1, -0.05) is 91.0 Å². The molecule has 43 heavy (non-hydrogen) atoms. The topological polar surface area (TPSA) is 123 Å². The monoisotopic (exact) mass is 623 g/mol. The molecular weight excluding hydrogens is 587 g/mol. The molecule has 2 unspecified atom stereocenters. The van der Waals surface area contributed by atoms with Gasteiger partial charge in [0.2, 0.25) is 11.8 Å². The number of rotatable bonds is 17. The molecule has 3 amide bonds. The van der Waals surface area contributed by atoms with Gasteiger partial charge in [-0.15, -0.1) is 0 Å². The SMILES string of the molecule is COC(=O)C(CSCc1ccccc1)NC(=O)C(CSCc1ccccc1)NC(=O)CCNC(=O)OCc1ccccc1. The Morgan fingerprint density at radius 3 is 1.74 bits per heavy atom. The number of carbonyl (C=O) groups excluding carboxylic acids is 4. The maximum absolute atomic E-state index is 13.3. The van der Waals surface area contributed by atoms with Crippen LogP contribution in [0.25, 0.3) is 0 Å². The largest absolute Gasteiger partial charge is 0.467 e. The summed E-state index contributed by atoms with van der Waals surface area (Å²) < 4.78 is 10.1. The third-order valence-corrected chi connectivity index (χ3v) is 8.29. The second-order valence-corrected chi connectivity index (χ2v) is 11.5. The van der Waals surface area contributed by atoms with Gasteiger partial charge in [0, 0.05) is 36.0 Å². The lowest BCUT2D eigenvalue weighted by Gasteiger charge is -2.22. The molecule has 0 aliphatic heterocycles. The Bertz CT molecular complexity index is 1280. The lowest BCUT2D eigenvalue weighted by atomic mass is 10.2. The van der Waals surface area contributed by atoms with Gasteiger partial charge in [-0.05, 0) is 16.7 Å². The Kier molecular flexibility index (Phi) is 15.0. The maximum atomic E-state index is 13.3. The number of nitrogens with one attached hydrogen (secondary N) is 3. The highest BCUT2D eigenvalue weighted by atomic mass is 32.2. The van der Waals surface area contributed by atoms with E-state index in [9.17, 15) is 19.2 Å². The number of alkyl carbamates (subject to hydrolysis) is 1. The second-order valence-electron chi connectivity index (χ2n) is 9.44. The first-order valence-corrected chi connectivity index (χ1v) is 16.1. The number of hydrogen-bond donors (Lipinski definition) is 3. The summed E-state index contributed by atoms with van der Waals surface area (Å²) in [5.74, 6) is 0.427. The van der Waals surface area contributed by atoms with Crippen molar-refractivity contribution < 1.29 is 28.7 Å². The number of thioether (sulfide) groups is 2. The smallest absolute Gasteiger partial charge is 0.407 e.